The minimum Gasteiger partial charge on any atom is -0.494 e. The Kier molecular flexibility index (Phi) is 7.47. The topological polar surface area (TPSA) is 30.5 Å². The molecule has 0 spiro atoms. The summed E-state index contributed by atoms with van der Waals surface area (Å²) in [5.41, 5.74) is 2.24. The first kappa shape index (κ1) is 18.2. The molecule has 0 aliphatic rings. The normalized spacial score (nSPS) is 10.7. The molecular weight excluding hydrogens is 298 g/mol. The van der Waals surface area contributed by atoms with Gasteiger partial charge in [-0.25, -0.2) is 0 Å². The van der Waals surface area contributed by atoms with Crippen molar-refractivity contribution in [1.29, 1.82) is 0 Å². The summed E-state index contributed by atoms with van der Waals surface area (Å²) in [7, 11) is 0. The molecule has 2 rings (SSSR count). The summed E-state index contributed by atoms with van der Waals surface area (Å²) in [6.45, 7) is 7.83. The second-order valence-corrected chi connectivity index (χ2v) is 6.22. The fraction of sp³-hybridized carbons (Fsp3) is 0.429. The van der Waals surface area contributed by atoms with Crippen molar-refractivity contribution in [1.82, 2.24) is 0 Å². The highest BCUT2D eigenvalue weighted by Crippen LogP contribution is 2.25. The van der Waals surface area contributed by atoms with E-state index >= 15 is 0 Å². The van der Waals surface area contributed by atoms with Crippen molar-refractivity contribution in [3.63, 3.8) is 0 Å². The third-order valence-electron chi connectivity index (χ3n) is 3.67. The lowest BCUT2D eigenvalue weighted by molar-refractivity contribution is 0.243. The van der Waals surface area contributed by atoms with E-state index in [2.05, 4.69) is 24.4 Å². The first-order valence-electron chi connectivity index (χ1n) is 8.90. The average Bonchev–Trinajstić information content (AvgIpc) is 2.58. The van der Waals surface area contributed by atoms with Crippen LogP contribution in [0.4, 0.5) is 5.69 Å². The number of rotatable bonds is 10. The van der Waals surface area contributed by atoms with Crippen LogP contribution in [0.5, 0.6) is 11.5 Å². The minimum atomic E-state index is 0.164. The molecule has 0 aliphatic heterocycles. The third-order valence-corrected chi connectivity index (χ3v) is 3.67. The highest BCUT2D eigenvalue weighted by Gasteiger charge is 2.04. The predicted octanol–water partition coefficient (Wildman–Crippen LogP) is 5.65. The van der Waals surface area contributed by atoms with Gasteiger partial charge in [0.05, 0.1) is 18.4 Å². The van der Waals surface area contributed by atoms with Crippen molar-refractivity contribution in [3.8, 4) is 11.5 Å². The van der Waals surface area contributed by atoms with E-state index in [4.69, 9.17) is 9.47 Å². The van der Waals surface area contributed by atoms with Gasteiger partial charge < -0.3 is 14.8 Å². The number of hydrogen-bond acceptors (Lipinski definition) is 3. The lowest BCUT2D eigenvalue weighted by Crippen LogP contribution is -2.08. The van der Waals surface area contributed by atoms with Crippen LogP contribution < -0.4 is 14.8 Å². The molecule has 0 amide bonds. The van der Waals surface area contributed by atoms with Gasteiger partial charge in [0.25, 0.3) is 0 Å². The molecule has 0 fully saturated rings. The molecule has 0 saturated carbocycles. The van der Waals surface area contributed by atoms with Crippen LogP contribution in [-0.4, -0.2) is 12.7 Å². The number of anilines is 1. The molecule has 2 aromatic rings. The van der Waals surface area contributed by atoms with Crippen LogP contribution in [0.15, 0.2) is 48.5 Å². The number of nitrogens with one attached hydrogen (secondary N) is 1. The number of para-hydroxylation sites is 2. The first-order valence-corrected chi connectivity index (χ1v) is 8.90. The highest BCUT2D eigenvalue weighted by atomic mass is 16.5. The fourth-order valence-corrected chi connectivity index (χ4v) is 2.41. The Balaban J connectivity index is 1.86. The zero-order chi connectivity index (χ0) is 17.2. The number of unbranched alkanes of at least 4 members (excludes halogenated alkanes) is 2. The van der Waals surface area contributed by atoms with Crippen molar-refractivity contribution in [3.05, 3.63) is 54.1 Å². The standard InChI is InChI=1S/C21H29NO2/c1-4-5-8-15-23-19-13-11-18(12-14-19)16-22-20-9-6-7-10-21(20)24-17(2)3/h6-7,9-14,17,22H,4-5,8,15-16H2,1-3H3. The largest absolute Gasteiger partial charge is 0.494 e. The van der Waals surface area contributed by atoms with Crippen molar-refractivity contribution in [2.75, 3.05) is 11.9 Å². The van der Waals surface area contributed by atoms with Gasteiger partial charge in [-0.15, -0.1) is 0 Å². The van der Waals surface area contributed by atoms with Gasteiger partial charge in [-0.1, -0.05) is 44.0 Å². The van der Waals surface area contributed by atoms with E-state index in [0.29, 0.717) is 0 Å². The third kappa shape index (κ3) is 6.15. The SMILES string of the molecule is CCCCCOc1ccc(CNc2ccccc2OC(C)C)cc1. The summed E-state index contributed by atoms with van der Waals surface area (Å²) >= 11 is 0. The molecule has 1 N–H and O–H groups in total. The van der Waals surface area contributed by atoms with Gasteiger partial charge in [0.2, 0.25) is 0 Å². The number of hydrogen-bond donors (Lipinski definition) is 1. The number of ether oxygens (including phenoxy) is 2. The fourth-order valence-electron chi connectivity index (χ4n) is 2.41. The van der Waals surface area contributed by atoms with Gasteiger partial charge in [0.1, 0.15) is 11.5 Å². The van der Waals surface area contributed by atoms with Crippen LogP contribution in [-0.2, 0) is 6.54 Å². The molecule has 0 saturated heterocycles. The van der Waals surface area contributed by atoms with E-state index in [1.807, 2.05) is 50.2 Å². The molecule has 24 heavy (non-hydrogen) atoms. The van der Waals surface area contributed by atoms with Crippen LogP contribution in [0.1, 0.15) is 45.6 Å². The van der Waals surface area contributed by atoms with Crippen molar-refractivity contribution >= 4 is 5.69 Å². The minimum absolute atomic E-state index is 0.164. The zero-order valence-corrected chi connectivity index (χ0v) is 15.0. The molecular formula is C21H29NO2. The van der Waals surface area contributed by atoms with Gasteiger partial charge in [-0.3, -0.25) is 0 Å². The summed E-state index contributed by atoms with van der Waals surface area (Å²) in [5, 5.41) is 3.45. The van der Waals surface area contributed by atoms with E-state index < -0.39 is 0 Å². The lowest BCUT2D eigenvalue weighted by Gasteiger charge is -2.15. The molecule has 0 aliphatic carbocycles. The van der Waals surface area contributed by atoms with E-state index in [1.165, 1.54) is 18.4 Å². The maximum Gasteiger partial charge on any atom is 0.142 e. The smallest absolute Gasteiger partial charge is 0.142 e. The maximum atomic E-state index is 5.83. The molecule has 0 radical (unpaired) electrons. The summed E-state index contributed by atoms with van der Waals surface area (Å²) in [5.74, 6) is 1.83. The average molecular weight is 327 g/mol. The maximum absolute atomic E-state index is 5.83. The van der Waals surface area contributed by atoms with Gasteiger partial charge in [0, 0.05) is 6.54 Å². The Morgan fingerprint density at radius 3 is 2.42 bits per heavy atom. The molecule has 2 aromatic carbocycles. The van der Waals surface area contributed by atoms with Crippen molar-refractivity contribution in [2.24, 2.45) is 0 Å². The summed E-state index contributed by atoms with van der Waals surface area (Å²) < 4.78 is 11.6. The van der Waals surface area contributed by atoms with E-state index in [0.717, 1.165) is 36.8 Å². The Labute approximate surface area is 146 Å². The van der Waals surface area contributed by atoms with Crippen LogP contribution in [0, 0.1) is 0 Å². The Morgan fingerprint density at radius 2 is 1.71 bits per heavy atom. The molecule has 0 aromatic heterocycles. The zero-order valence-electron chi connectivity index (χ0n) is 15.0. The Morgan fingerprint density at radius 1 is 0.958 bits per heavy atom. The highest BCUT2D eigenvalue weighted by molar-refractivity contribution is 5.56. The molecule has 0 atom stereocenters. The van der Waals surface area contributed by atoms with Crippen molar-refractivity contribution in [2.45, 2.75) is 52.7 Å². The van der Waals surface area contributed by atoms with Crippen molar-refractivity contribution < 1.29 is 9.47 Å². The van der Waals surface area contributed by atoms with Crippen LogP contribution in [0.2, 0.25) is 0 Å². The second kappa shape index (κ2) is 9.86. The van der Waals surface area contributed by atoms with Crippen LogP contribution >= 0.6 is 0 Å². The van der Waals surface area contributed by atoms with Gasteiger partial charge in [-0.05, 0) is 50.1 Å². The van der Waals surface area contributed by atoms with E-state index in [-0.39, 0.29) is 6.10 Å². The molecule has 0 unspecified atom stereocenters. The van der Waals surface area contributed by atoms with Gasteiger partial charge in [0.15, 0.2) is 0 Å². The first-order chi connectivity index (χ1) is 11.7. The Hall–Kier alpha value is -2.16. The monoisotopic (exact) mass is 327 g/mol. The summed E-state index contributed by atoms with van der Waals surface area (Å²) in [4.78, 5) is 0. The van der Waals surface area contributed by atoms with Gasteiger partial charge in [-0.2, -0.15) is 0 Å². The van der Waals surface area contributed by atoms with E-state index in [9.17, 15) is 0 Å². The van der Waals surface area contributed by atoms with Crippen LogP contribution in [0.3, 0.4) is 0 Å². The second-order valence-electron chi connectivity index (χ2n) is 6.22. The Bertz CT molecular complexity index is 593. The van der Waals surface area contributed by atoms with Gasteiger partial charge >= 0.3 is 0 Å². The molecule has 0 bridgehead atoms. The molecule has 0 heterocycles. The predicted molar refractivity (Wildman–Crippen MR) is 101 cm³/mol. The molecule has 3 heteroatoms. The van der Waals surface area contributed by atoms with Crippen LogP contribution in [0.25, 0.3) is 0 Å². The summed E-state index contributed by atoms with van der Waals surface area (Å²) in [6, 6.07) is 16.3. The lowest BCUT2D eigenvalue weighted by atomic mass is 10.2. The number of benzene rings is 2. The molecule has 3 nitrogen and oxygen atoms in total. The van der Waals surface area contributed by atoms with E-state index in [1.54, 1.807) is 0 Å². The molecule has 130 valence electrons. The summed E-state index contributed by atoms with van der Waals surface area (Å²) in [6.07, 6.45) is 3.72. The quantitative estimate of drug-likeness (QED) is 0.572.